The zero-order valence-corrected chi connectivity index (χ0v) is 21.6. The molecule has 0 saturated heterocycles. The first-order valence-corrected chi connectivity index (χ1v) is 13.0. The van der Waals surface area contributed by atoms with Gasteiger partial charge in [0.2, 0.25) is 5.91 Å². The second-order valence-corrected chi connectivity index (χ2v) is 10.0. The van der Waals surface area contributed by atoms with E-state index in [0.29, 0.717) is 39.2 Å². The van der Waals surface area contributed by atoms with Gasteiger partial charge in [0.25, 0.3) is 5.56 Å². The summed E-state index contributed by atoms with van der Waals surface area (Å²) < 4.78 is 1.58. The topological polar surface area (TPSA) is 64.0 Å². The first kappa shape index (κ1) is 25.0. The van der Waals surface area contributed by atoms with Crippen molar-refractivity contribution in [3.63, 3.8) is 0 Å². The maximum absolute atomic E-state index is 13.5. The molecule has 0 aliphatic heterocycles. The summed E-state index contributed by atoms with van der Waals surface area (Å²) >= 11 is 7.39. The van der Waals surface area contributed by atoms with Gasteiger partial charge in [-0.1, -0.05) is 79.2 Å². The largest absolute Gasteiger partial charge is 0.351 e. The predicted molar refractivity (Wildman–Crippen MR) is 145 cm³/mol. The molecule has 1 atom stereocenters. The van der Waals surface area contributed by atoms with Gasteiger partial charge in [-0.15, -0.1) is 0 Å². The smallest absolute Gasteiger partial charge is 0.266 e. The normalized spacial score (nSPS) is 12.0. The van der Waals surface area contributed by atoms with E-state index in [1.54, 1.807) is 22.8 Å². The summed E-state index contributed by atoms with van der Waals surface area (Å²) in [6.45, 7) is 6.81. The second kappa shape index (κ2) is 11.1. The molecule has 4 aromatic rings. The molecule has 0 bridgehead atoms. The molecular formula is C28H28ClN3O2S. The molecule has 5 nitrogen and oxygen atoms in total. The monoisotopic (exact) mass is 505 g/mol. The van der Waals surface area contributed by atoms with Crippen molar-refractivity contribution in [2.45, 2.75) is 44.8 Å². The van der Waals surface area contributed by atoms with Gasteiger partial charge in [-0.05, 0) is 60.7 Å². The van der Waals surface area contributed by atoms with E-state index in [0.717, 1.165) is 12.0 Å². The number of nitrogens with one attached hydrogen (secondary N) is 1. The summed E-state index contributed by atoms with van der Waals surface area (Å²) in [6, 6.07) is 21.1. The van der Waals surface area contributed by atoms with E-state index in [4.69, 9.17) is 16.6 Å². The van der Waals surface area contributed by atoms with Crippen molar-refractivity contribution in [1.82, 2.24) is 14.9 Å². The molecule has 0 fully saturated rings. The Morgan fingerprint density at radius 2 is 1.80 bits per heavy atom. The van der Waals surface area contributed by atoms with E-state index in [1.165, 1.54) is 22.9 Å². The van der Waals surface area contributed by atoms with Crippen molar-refractivity contribution in [2.75, 3.05) is 5.75 Å². The van der Waals surface area contributed by atoms with E-state index < -0.39 is 0 Å². The maximum atomic E-state index is 13.5. The molecule has 180 valence electrons. The van der Waals surface area contributed by atoms with E-state index in [9.17, 15) is 9.59 Å². The lowest BCUT2D eigenvalue weighted by Gasteiger charge is -2.15. The molecular weight excluding hydrogens is 478 g/mol. The molecule has 1 amide bonds. The number of carbonyl (C=O) groups is 1. The number of fused-ring (bicyclic) bond motifs is 1. The van der Waals surface area contributed by atoms with Gasteiger partial charge in [-0.3, -0.25) is 14.2 Å². The van der Waals surface area contributed by atoms with E-state index >= 15 is 0 Å². The fraction of sp³-hybridized carbons (Fsp3) is 0.250. The summed E-state index contributed by atoms with van der Waals surface area (Å²) in [4.78, 5) is 30.8. The van der Waals surface area contributed by atoms with Crippen LogP contribution in [0.15, 0.2) is 76.7 Å². The molecule has 0 saturated carbocycles. The summed E-state index contributed by atoms with van der Waals surface area (Å²) in [5.41, 5.74) is 4.46. The lowest BCUT2D eigenvalue weighted by Crippen LogP contribution is -2.26. The minimum absolute atomic E-state index is 0.130. The van der Waals surface area contributed by atoms with E-state index in [2.05, 4.69) is 19.2 Å². The highest BCUT2D eigenvalue weighted by atomic mass is 35.5. The molecule has 0 spiro atoms. The van der Waals surface area contributed by atoms with Crippen LogP contribution in [-0.2, 0) is 11.3 Å². The summed E-state index contributed by atoms with van der Waals surface area (Å²) in [7, 11) is 0. The van der Waals surface area contributed by atoms with Gasteiger partial charge in [-0.2, -0.15) is 0 Å². The number of aryl methyl sites for hydroxylation is 1. The lowest BCUT2D eigenvalue weighted by molar-refractivity contribution is -0.118. The van der Waals surface area contributed by atoms with E-state index in [-0.39, 0.29) is 17.2 Å². The van der Waals surface area contributed by atoms with Crippen molar-refractivity contribution in [3.8, 4) is 5.69 Å². The molecule has 3 aromatic carbocycles. The number of rotatable bonds is 8. The highest BCUT2D eigenvalue weighted by Crippen LogP contribution is 2.25. The van der Waals surface area contributed by atoms with Crippen LogP contribution in [0, 0.1) is 6.92 Å². The molecule has 1 heterocycles. The van der Waals surface area contributed by atoms with Gasteiger partial charge in [0, 0.05) is 11.6 Å². The maximum Gasteiger partial charge on any atom is 0.266 e. The van der Waals surface area contributed by atoms with Gasteiger partial charge >= 0.3 is 0 Å². The summed E-state index contributed by atoms with van der Waals surface area (Å²) in [6.07, 6.45) is 1.04. The third-order valence-electron chi connectivity index (χ3n) is 6.08. The van der Waals surface area contributed by atoms with Crippen LogP contribution in [0.25, 0.3) is 16.6 Å². The number of hydrogen-bond acceptors (Lipinski definition) is 4. The fourth-order valence-electron chi connectivity index (χ4n) is 3.74. The van der Waals surface area contributed by atoms with Crippen LogP contribution in [0.5, 0.6) is 0 Å². The van der Waals surface area contributed by atoms with Gasteiger partial charge < -0.3 is 5.32 Å². The number of hydrogen-bond donors (Lipinski definition) is 1. The number of carbonyl (C=O) groups excluding carboxylic acids is 1. The zero-order chi connectivity index (χ0) is 24.9. The molecule has 1 aromatic heterocycles. The Morgan fingerprint density at radius 3 is 2.49 bits per heavy atom. The molecule has 0 aliphatic rings. The minimum atomic E-state index is -0.189. The predicted octanol–water partition coefficient (Wildman–Crippen LogP) is 6.27. The molecule has 0 aliphatic carbocycles. The Hall–Kier alpha value is -3.09. The number of aromatic nitrogens is 2. The second-order valence-electron chi connectivity index (χ2n) is 8.65. The number of benzene rings is 3. The number of halogens is 1. The van der Waals surface area contributed by atoms with Crippen molar-refractivity contribution >= 4 is 40.2 Å². The van der Waals surface area contributed by atoms with Crippen molar-refractivity contribution < 1.29 is 4.79 Å². The highest BCUT2D eigenvalue weighted by Gasteiger charge is 2.16. The highest BCUT2D eigenvalue weighted by molar-refractivity contribution is 7.99. The van der Waals surface area contributed by atoms with Crippen LogP contribution in [0.3, 0.4) is 0 Å². The van der Waals surface area contributed by atoms with Crippen LogP contribution >= 0.6 is 23.4 Å². The van der Waals surface area contributed by atoms with Gasteiger partial charge in [0.05, 0.1) is 22.3 Å². The number of thioether (sulfide) groups is 1. The third kappa shape index (κ3) is 5.95. The van der Waals surface area contributed by atoms with Crippen LogP contribution in [0.2, 0.25) is 5.02 Å². The molecule has 35 heavy (non-hydrogen) atoms. The fourth-order valence-corrected chi connectivity index (χ4v) is 4.75. The Bertz CT molecular complexity index is 1400. The lowest BCUT2D eigenvalue weighted by atomic mass is 9.98. The minimum Gasteiger partial charge on any atom is -0.351 e. The van der Waals surface area contributed by atoms with Crippen LogP contribution in [0.4, 0.5) is 0 Å². The Kier molecular flexibility index (Phi) is 7.93. The summed E-state index contributed by atoms with van der Waals surface area (Å²) in [5.74, 6) is 0.438. The number of nitrogens with zero attached hydrogens (tertiary/aromatic N) is 2. The van der Waals surface area contributed by atoms with Gasteiger partial charge in [0.15, 0.2) is 5.16 Å². The standard InChI is InChI=1S/C28H28ClN3O2S/c1-4-19(3)21-9-12-23(13-10-21)32-27(34)24-14-11-22(29)15-25(24)31-28(32)35-17-26(33)30-16-20-7-5-18(2)6-8-20/h5-15,19H,4,16-17H2,1-3H3,(H,30,33)/t19-/m1/s1. The summed E-state index contributed by atoms with van der Waals surface area (Å²) in [5, 5.41) is 4.38. The zero-order valence-electron chi connectivity index (χ0n) is 20.0. The Morgan fingerprint density at radius 1 is 1.09 bits per heavy atom. The van der Waals surface area contributed by atoms with Crippen molar-refractivity contribution in [3.05, 3.63) is 98.8 Å². The molecule has 0 radical (unpaired) electrons. The average molecular weight is 506 g/mol. The third-order valence-corrected chi connectivity index (χ3v) is 7.25. The van der Waals surface area contributed by atoms with Crippen LogP contribution < -0.4 is 10.9 Å². The Labute approximate surface area is 214 Å². The first-order chi connectivity index (χ1) is 16.9. The molecule has 0 unspecified atom stereocenters. The quantitative estimate of drug-likeness (QED) is 0.226. The Balaban J connectivity index is 1.61. The van der Waals surface area contributed by atoms with Crippen LogP contribution in [0.1, 0.15) is 42.9 Å². The SMILES string of the molecule is CC[C@@H](C)c1ccc(-n2c(SCC(=O)NCc3ccc(C)cc3)nc3cc(Cl)ccc3c2=O)cc1. The average Bonchev–Trinajstić information content (AvgIpc) is 2.86. The van der Waals surface area contributed by atoms with Gasteiger partial charge in [0.1, 0.15) is 0 Å². The van der Waals surface area contributed by atoms with Crippen molar-refractivity contribution in [2.24, 2.45) is 0 Å². The molecule has 7 heteroatoms. The number of amides is 1. The van der Waals surface area contributed by atoms with Crippen molar-refractivity contribution in [1.29, 1.82) is 0 Å². The first-order valence-electron chi connectivity index (χ1n) is 11.6. The van der Waals surface area contributed by atoms with E-state index in [1.807, 2.05) is 55.5 Å². The molecule has 4 rings (SSSR count). The van der Waals surface area contributed by atoms with Gasteiger partial charge in [-0.25, -0.2) is 4.98 Å². The van der Waals surface area contributed by atoms with Crippen LogP contribution in [-0.4, -0.2) is 21.2 Å². The molecule has 1 N–H and O–H groups in total.